The Morgan fingerprint density at radius 2 is 1.97 bits per heavy atom. The summed E-state index contributed by atoms with van der Waals surface area (Å²) in [6.45, 7) is 8.22. The third-order valence-electron chi connectivity index (χ3n) is 6.41. The number of hydrogen-bond donors (Lipinski definition) is 0. The van der Waals surface area contributed by atoms with E-state index in [0.29, 0.717) is 25.3 Å². The summed E-state index contributed by atoms with van der Waals surface area (Å²) < 4.78 is 17.7. The van der Waals surface area contributed by atoms with Crippen molar-refractivity contribution < 1.29 is 19.0 Å². The molecule has 3 aliphatic rings. The number of hydrogen-bond acceptors (Lipinski definition) is 7. The molecule has 1 amide bonds. The van der Waals surface area contributed by atoms with Crippen molar-refractivity contribution in [1.82, 2.24) is 14.7 Å². The topological polar surface area (TPSA) is 66.8 Å². The van der Waals surface area contributed by atoms with E-state index in [1.807, 2.05) is 49.2 Å². The van der Waals surface area contributed by atoms with Gasteiger partial charge >= 0.3 is 0 Å². The van der Waals surface area contributed by atoms with E-state index in [2.05, 4.69) is 27.9 Å². The van der Waals surface area contributed by atoms with Gasteiger partial charge < -0.3 is 28.9 Å². The van der Waals surface area contributed by atoms with Crippen LogP contribution in [0, 0.1) is 0 Å². The smallest absolute Gasteiger partial charge is 0.253 e. The number of benzene rings is 1. The number of amides is 1. The SMILES string of the molecule is COCC1CN(C2=NC=CCN2C)CC2(CCN(C(=O)c3ccc(OC(C)C)cc3)CC2)O1. The van der Waals surface area contributed by atoms with E-state index in [1.54, 1.807) is 7.11 Å². The predicted molar refractivity (Wildman–Crippen MR) is 128 cm³/mol. The molecule has 0 N–H and O–H groups in total. The number of likely N-dealkylation sites (N-methyl/N-ethyl adjacent to an activating group) is 1. The summed E-state index contributed by atoms with van der Waals surface area (Å²) in [5, 5.41) is 0. The number of methoxy groups -OCH3 is 1. The van der Waals surface area contributed by atoms with Crippen molar-refractivity contribution in [1.29, 1.82) is 0 Å². The zero-order chi connectivity index (χ0) is 23.4. The van der Waals surface area contributed by atoms with Gasteiger partial charge in [0.15, 0.2) is 0 Å². The second kappa shape index (κ2) is 10.1. The van der Waals surface area contributed by atoms with Gasteiger partial charge in [-0.3, -0.25) is 4.79 Å². The fourth-order valence-corrected chi connectivity index (χ4v) is 4.86. The van der Waals surface area contributed by atoms with Crippen LogP contribution in [0.25, 0.3) is 0 Å². The lowest BCUT2D eigenvalue weighted by Gasteiger charge is -2.51. The summed E-state index contributed by atoms with van der Waals surface area (Å²) in [6.07, 6.45) is 5.59. The van der Waals surface area contributed by atoms with Crippen molar-refractivity contribution in [2.24, 2.45) is 4.99 Å². The summed E-state index contributed by atoms with van der Waals surface area (Å²) >= 11 is 0. The molecule has 2 fully saturated rings. The number of nitrogens with zero attached hydrogens (tertiary/aromatic N) is 4. The summed E-state index contributed by atoms with van der Waals surface area (Å²) in [7, 11) is 3.77. The first-order valence-corrected chi connectivity index (χ1v) is 11.8. The van der Waals surface area contributed by atoms with Crippen LogP contribution < -0.4 is 4.74 Å². The van der Waals surface area contributed by atoms with Gasteiger partial charge in [-0.2, -0.15) is 0 Å². The number of piperidine rings is 1. The van der Waals surface area contributed by atoms with Crippen LogP contribution in [0.5, 0.6) is 5.75 Å². The number of ether oxygens (including phenoxy) is 3. The Kier molecular flexibility index (Phi) is 7.24. The molecule has 3 heterocycles. The average molecular weight is 457 g/mol. The van der Waals surface area contributed by atoms with Crippen LogP contribution in [-0.2, 0) is 9.47 Å². The Balaban J connectivity index is 1.42. The summed E-state index contributed by atoms with van der Waals surface area (Å²) in [6, 6.07) is 7.43. The third kappa shape index (κ3) is 5.50. The van der Waals surface area contributed by atoms with Gasteiger partial charge in [0.1, 0.15) is 5.75 Å². The molecule has 33 heavy (non-hydrogen) atoms. The molecule has 0 bridgehead atoms. The summed E-state index contributed by atoms with van der Waals surface area (Å²) in [4.78, 5) is 24.2. The van der Waals surface area contributed by atoms with Crippen molar-refractivity contribution in [2.75, 3.05) is 53.5 Å². The standard InChI is InChI=1S/C25H36N4O4/c1-19(2)32-21-8-6-20(7-9-21)23(30)28-14-10-25(11-15-28)18-29(16-22(33-25)17-31-4)24-26-12-5-13-27(24)3/h5-9,12,19,22H,10-11,13-18H2,1-4H3. The highest BCUT2D eigenvalue weighted by atomic mass is 16.5. The molecule has 1 aromatic carbocycles. The van der Waals surface area contributed by atoms with Crippen LogP contribution >= 0.6 is 0 Å². The monoisotopic (exact) mass is 456 g/mol. The molecule has 180 valence electrons. The van der Waals surface area contributed by atoms with Crippen LogP contribution in [-0.4, -0.2) is 97.9 Å². The molecular weight excluding hydrogens is 420 g/mol. The molecule has 4 rings (SSSR count). The maximum Gasteiger partial charge on any atom is 0.253 e. The Morgan fingerprint density at radius 1 is 1.24 bits per heavy atom. The molecule has 8 heteroatoms. The predicted octanol–water partition coefficient (Wildman–Crippen LogP) is 2.61. The minimum atomic E-state index is -0.308. The quantitative estimate of drug-likeness (QED) is 0.679. The molecule has 3 aliphatic heterocycles. The zero-order valence-electron chi connectivity index (χ0n) is 20.2. The third-order valence-corrected chi connectivity index (χ3v) is 6.41. The molecule has 8 nitrogen and oxygen atoms in total. The van der Waals surface area contributed by atoms with Gasteiger partial charge in [0.05, 0.1) is 31.0 Å². The van der Waals surface area contributed by atoms with Gasteiger partial charge in [0.25, 0.3) is 5.91 Å². The average Bonchev–Trinajstić information content (AvgIpc) is 2.79. The van der Waals surface area contributed by atoms with Gasteiger partial charge in [0.2, 0.25) is 5.96 Å². The molecule has 1 spiro atoms. The number of likely N-dealkylation sites (tertiary alicyclic amines) is 1. The first kappa shape index (κ1) is 23.6. The van der Waals surface area contributed by atoms with Gasteiger partial charge in [-0.1, -0.05) is 0 Å². The van der Waals surface area contributed by atoms with Crippen molar-refractivity contribution >= 4 is 11.9 Å². The molecule has 0 aromatic heterocycles. The van der Waals surface area contributed by atoms with Crippen molar-refractivity contribution in [3.05, 3.63) is 42.1 Å². The van der Waals surface area contributed by atoms with Crippen LogP contribution in [0.15, 0.2) is 41.5 Å². The molecule has 1 atom stereocenters. The molecule has 1 unspecified atom stereocenters. The maximum atomic E-state index is 13.1. The Labute approximate surface area is 196 Å². The number of carbonyl (C=O) groups excluding carboxylic acids is 1. The second-order valence-corrected chi connectivity index (χ2v) is 9.44. The largest absolute Gasteiger partial charge is 0.491 e. The van der Waals surface area contributed by atoms with Crippen molar-refractivity contribution in [3.63, 3.8) is 0 Å². The number of carbonyl (C=O) groups is 1. The van der Waals surface area contributed by atoms with E-state index in [1.165, 1.54) is 0 Å². The van der Waals surface area contributed by atoms with Gasteiger partial charge in [0, 0.05) is 52.1 Å². The van der Waals surface area contributed by atoms with E-state index in [9.17, 15) is 4.79 Å². The van der Waals surface area contributed by atoms with E-state index in [0.717, 1.165) is 44.2 Å². The van der Waals surface area contributed by atoms with E-state index in [-0.39, 0.29) is 23.7 Å². The lowest BCUT2D eigenvalue weighted by Crippen LogP contribution is -2.63. The highest BCUT2D eigenvalue weighted by Gasteiger charge is 2.45. The first-order chi connectivity index (χ1) is 15.9. The highest BCUT2D eigenvalue weighted by molar-refractivity contribution is 5.94. The van der Waals surface area contributed by atoms with Crippen LogP contribution in [0.1, 0.15) is 37.0 Å². The number of aliphatic imine (C=N–C) groups is 1. The lowest BCUT2D eigenvalue weighted by atomic mass is 9.88. The van der Waals surface area contributed by atoms with Crippen LogP contribution in [0.3, 0.4) is 0 Å². The minimum absolute atomic E-state index is 0.0264. The van der Waals surface area contributed by atoms with Crippen LogP contribution in [0.2, 0.25) is 0 Å². The van der Waals surface area contributed by atoms with E-state index >= 15 is 0 Å². The van der Waals surface area contributed by atoms with Crippen LogP contribution in [0.4, 0.5) is 0 Å². The Hall–Kier alpha value is -2.58. The zero-order valence-corrected chi connectivity index (χ0v) is 20.2. The van der Waals surface area contributed by atoms with E-state index < -0.39 is 0 Å². The van der Waals surface area contributed by atoms with Crippen molar-refractivity contribution in [3.8, 4) is 5.75 Å². The number of morpholine rings is 1. The Morgan fingerprint density at radius 3 is 2.61 bits per heavy atom. The fourth-order valence-electron chi connectivity index (χ4n) is 4.86. The van der Waals surface area contributed by atoms with E-state index in [4.69, 9.17) is 14.2 Å². The molecule has 1 aromatic rings. The first-order valence-electron chi connectivity index (χ1n) is 11.8. The molecule has 0 aliphatic carbocycles. The van der Waals surface area contributed by atoms with Gasteiger partial charge in [-0.05, 0) is 57.0 Å². The van der Waals surface area contributed by atoms with Gasteiger partial charge in [-0.25, -0.2) is 4.99 Å². The van der Waals surface area contributed by atoms with Gasteiger partial charge in [-0.15, -0.1) is 0 Å². The second-order valence-electron chi connectivity index (χ2n) is 9.44. The highest BCUT2D eigenvalue weighted by Crippen LogP contribution is 2.34. The maximum absolute atomic E-state index is 13.1. The minimum Gasteiger partial charge on any atom is -0.491 e. The fraction of sp³-hybridized carbons (Fsp3) is 0.600. The summed E-state index contributed by atoms with van der Waals surface area (Å²) in [5.74, 6) is 1.82. The molecule has 2 saturated heterocycles. The molecule has 0 radical (unpaired) electrons. The molecule has 0 saturated carbocycles. The normalized spacial score (nSPS) is 22.6. The Bertz CT molecular complexity index is 875. The summed E-state index contributed by atoms with van der Waals surface area (Å²) in [5.41, 5.74) is 0.382. The number of guanidine groups is 1. The van der Waals surface area contributed by atoms with Crippen molar-refractivity contribution in [2.45, 2.75) is 44.5 Å². The molecular formula is C25H36N4O4. The lowest BCUT2D eigenvalue weighted by molar-refractivity contribution is -0.175. The number of rotatable bonds is 5.